The fourth-order valence-corrected chi connectivity index (χ4v) is 9.26. The highest BCUT2D eigenvalue weighted by Gasteiger charge is 2.24. The minimum absolute atomic E-state index is 0.345. The van der Waals surface area contributed by atoms with E-state index in [1.807, 2.05) is 109 Å². The second-order valence-corrected chi connectivity index (χ2v) is 17.1. The van der Waals surface area contributed by atoms with Crippen LogP contribution in [-0.4, -0.2) is 19.5 Å². The zero-order valence-electron chi connectivity index (χ0n) is 38.4. The van der Waals surface area contributed by atoms with Gasteiger partial charge in [-0.1, -0.05) is 109 Å². The summed E-state index contributed by atoms with van der Waals surface area (Å²) in [7, 11) is 0. The van der Waals surface area contributed by atoms with E-state index < -0.39 is 0 Å². The van der Waals surface area contributed by atoms with Gasteiger partial charge in [-0.2, -0.15) is 15.8 Å². The van der Waals surface area contributed by atoms with Crippen molar-refractivity contribution in [2.24, 2.45) is 0 Å². The zero-order chi connectivity index (χ0) is 50.0. The van der Waals surface area contributed by atoms with Crippen molar-refractivity contribution in [1.82, 2.24) is 19.5 Å². The summed E-state index contributed by atoms with van der Waals surface area (Å²) in [5.41, 5.74) is 13.3. The summed E-state index contributed by atoms with van der Waals surface area (Å²) in [6.07, 6.45) is 0. The Morgan fingerprint density at radius 1 is 0.342 bits per heavy atom. The summed E-state index contributed by atoms with van der Waals surface area (Å²) in [6, 6.07) is 67.8. The number of hydrogen-bond acceptors (Lipinski definition) is 6. The number of nitrogens with zero attached hydrogens (tertiary/aromatic N) is 10. The second-order valence-electron chi connectivity index (χ2n) is 17.1. The topological polar surface area (TPSA) is 128 Å². The van der Waals surface area contributed by atoms with Gasteiger partial charge >= 0.3 is 0 Å². The van der Waals surface area contributed by atoms with Gasteiger partial charge in [-0.15, -0.1) is 0 Å². The minimum atomic E-state index is 0.345. The predicted molar refractivity (Wildman–Crippen MR) is 285 cm³/mol. The molecule has 0 fully saturated rings. The molecule has 0 aliphatic carbocycles. The van der Waals surface area contributed by atoms with Crippen LogP contribution in [-0.2, 0) is 0 Å². The number of rotatable bonds is 8. The molecule has 73 heavy (non-hydrogen) atoms. The summed E-state index contributed by atoms with van der Waals surface area (Å²) >= 11 is 0. The minimum Gasteiger partial charge on any atom is -0.308 e. The third-order valence-electron chi connectivity index (χ3n) is 12.7. The molecule has 0 N–H and O–H groups in total. The maximum absolute atomic E-state index is 9.98. The van der Waals surface area contributed by atoms with Crippen molar-refractivity contribution in [3.05, 3.63) is 245 Å². The fraction of sp³-hybridized carbons (Fsp3) is 0. The summed E-state index contributed by atoms with van der Waals surface area (Å²) in [5.74, 6) is 1.43. The third kappa shape index (κ3) is 8.31. The molecule has 0 spiro atoms. The lowest BCUT2D eigenvalue weighted by atomic mass is 9.92. The lowest BCUT2D eigenvalue weighted by molar-refractivity contribution is 1.07. The van der Waals surface area contributed by atoms with Crippen LogP contribution in [0.2, 0.25) is 0 Å². The highest BCUT2D eigenvalue weighted by molar-refractivity contribution is 6.13. The molecule has 0 atom stereocenters. The molecular weight excluding hydrogens is 897 g/mol. The second kappa shape index (κ2) is 18.7. The predicted octanol–water partition coefficient (Wildman–Crippen LogP) is 15.9. The Kier molecular flexibility index (Phi) is 11.3. The molecule has 0 saturated heterocycles. The van der Waals surface area contributed by atoms with Crippen LogP contribution in [0.4, 0.5) is 17.1 Å². The number of aromatic nitrogens is 4. The van der Waals surface area contributed by atoms with Crippen molar-refractivity contribution in [3.8, 4) is 103 Å². The Morgan fingerprint density at radius 3 is 1.18 bits per heavy atom. The first kappa shape index (κ1) is 44.2. The molecule has 0 aliphatic rings. The highest BCUT2D eigenvalue weighted by atomic mass is 15.0. The molecule has 0 aliphatic heterocycles. The van der Waals surface area contributed by atoms with Crippen molar-refractivity contribution < 1.29 is 0 Å². The number of hydrogen-bond donors (Lipinski definition) is 0. The van der Waals surface area contributed by atoms with Gasteiger partial charge in [-0.3, -0.25) is 0 Å². The van der Waals surface area contributed by atoms with E-state index in [1.54, 1.807) is 60.7 Å². The van der Waals surface area contributed by atoms with Crippen LogP contribution in [0.25, 0.3) is 121 Å². The maximum Gasteiger partial charge on any atom is 0.189 e. The van der Waals surface area contributed by atoms with Crippen molar-refractivity contribution >= 4 is 38.9 Å². The molecule has 0 amide bonds. The van der Waals surface area contributed by atoms with Crippen molar-refractivity contribution in [2.75, 3.05) is 0 Å². The summed E-state index contributed by atoms with van der Waals surface area (Å²) in [4.78, 5) is 26.3. The average molecular weight is 929 g/mol. The number of nitriles is 3. The SMILES string of the molecule is [C-]#[N+]c1ccc(-c2cc(-c3nc(-c4ccccc4)nc(-c4ccccc4)n3)cc(-c3ccc(C#N)cc3)c2-n2c3ccc(-c4cc(C#N)cc([N+]#[C-])c4)cc3c3cc(-c4cc(C#N)cc([N+]#[C-])c4)ccc32)cc1. The van der Waals surface area contributed by atoms with Gasteiger partial charge in [0.15, 0.2) is 34.5 Å². The average Bonchev–Trinajstić information content (AvgIpc) is 3.79. The Labute approximate surface area is 420 Å². The van der Waals surface area contributed by atoms with Crippen LogP contribution in [0.3, 0.4) is 0 Å². The monoisotopic (exact) mass is 928 g/mol. The van der Waals surface area contributed by atoms with E-state index in [0.717, 1.165) is 72.0 Å². The number of fused-ring (bicyclic) bond motifs is 3. The first-order valence-corrected chi connectivity index (χ1v) is 22.8. The van der Waals surface area contributed by atoms with E-state index in [-0.39, 0.29) is 0 Å². The largest absolute Gasteiger partial charge is 0.308 e. The molecule has 334 valence electrons. The molecule has 2 heterocycles. The van der Waals surface area contributed by atoms with E-state index in [1.165, 1.54) is 0 Å². The van der Waals surface area contributed by atoms with Crippen LogP contribution in [0.1, 0.15) is 16.7 Å². The van der Waals surface area contributed by atoms with E-state index in [4.69, 9.17) is 34.7 Å². The van der Waals surface area contributed by atoms with Gasteiger partial charge in [-0.25, -0.2) is 29.5 Å². The van der Waals surface area contributed by atoms with Gasteiger partial charge in [0, 0.05) is 49.7 Å². The Hall–Kier alpha value is -11.3. The molecule has 0 bridgehead atoms. The van der Waals surface area contributed by atoms with Gasteiger partial charge in [0.1, 0.15) is 0 Å². The molecule has 0 radical (unpaired) electrons. The summed E-state index contributed by atoms with van der Waals surface area (Å²) < 4.78 is 2.22. The van der Waals surface area contributed by atoms with Gasteiger partial charge in [0.2, 0.25) is 0 Å². The van der Waals surface area contributed by atoms with E-state index in [9.17, 15) is 15.8 Å². The zero-order valence-corrected chi connectivity index (χ0v) is 38.4. The van der Waals surface area contributed by atoms with E-state index >= 15 is 0 Å². The van der Waals surface area contributed by atoms with Gasteiger partial charge in [-0.05, 0) is 118 Å². The molecule has 11 aromatic rings. The molecule has 10 heteroatoms. The summed E-state index contributed by atoms with van der Waals surface area (Å²) in [5, 5.41) is 31.6. The van der Waals surface area contributed by atoms with Gasteiger partial charge in [0.05, 0.1) is 60.2 Å². The first-order valence-electron chi connectivity index (χ1n) is 22.8. The quantitative estimate of drug-likeness (QED) is 0.140. The Morgan fingerprint density at radius 2 is 0.753 bits per heavy atom. The fourth-order valence-electron chi connectivity index (χ4n) is 9.26. The lowest BCUT2D eigenvalue weighted by Gasteiger charge is -2.21. The molecule has 10 nitrogen and oxygen atoms in total. The van der Waals surface area contributed by atoms with Gasteiger partial charge < -0.3 is 4.57 Å². The van der Waals surface area contributed by atoms with Crippen LogP contribution < -0.4 is 0 Å². The van der Waals surface area contributed by atoms with Crippen LogP contribution in [0, 0.1) is 53.7 Å². The smallest absolute Gasteiger partial charge is 0.189 e. The molecule has 11 rings (SSSR count). The Bertz CT molecular complexity index is 3970. The van der Waals surface area contributed by atoms with Crippen LogP contribution in [0.15, 0.2) is 194 Å². The van der Waals surface area contributed by atoms with Gasteiger partial charge in [0.25, 0.3) is 0 Å². The molecule has 9 aromatic carbocycles. The lowest BCUT2D eigenvalue weighted by Crippen LogP contribution is -2.04. The molecule has 0 unspecified atom stereocenters. The van der Waals surface area contributed by atoms with E-state index in [2.05, 4.69) is 61.6 Å². The maximum atomic E-state index is 9.98. The van der Waals surface area contributed by atoms with Crippen molar-refractivity contribution in [2.45, 2.75) is 0 Å². The highest BCUT2D eigenvalue weighted by Crippen LogP contribution is 2.46. The standard InChI is InChI=1S/C63H32N10/c1-67-51-22-18-43(19-23-51)55-35-50(63-71-61(44-10-6-4-7-11-44)70-62(72-63)45-12-8-5-9-13-45)34-54(42-16-14-39(36-64)15-17-42)60(55)73-58-24-20-46(48-26-40(37-65)28-52(30-48)68-2)32-56(58)57-33-47(21-25-59(57)73)49-27-41(38-66)29-53(31-49)69-3/h4-35H. The van der Waals surface area contributed by atoms with Crippen LogP contribution >= 0.6 is 0 Å². The third-order valence-corrected chi connectivity index (χ3v) is 12.7. The molecule has 2 aromatic heterocycles. The first-order chi connectivity index (χ1) is 35.8. The van der Waals surface area contributed by atoms with Crippen molar-refractivity contribution in [3.63, 3.8) is 0 Å². The normalized spacial score (nSPS) is 10.7. The molecule has 0 saturated carbocycles. The molecular formula is C63H32N10. The summed E-state index contributed by atoms with van der Waals surface area (Å²) in [6.45, 7) is 23.4. The number of benzene rings is 9. The Balaban J connectivity index is 1.26. The van der Waals surface area contributed by atoms with E-state index in [0.29, 0.717) is 67.9 Å². The van der Waals surface area contributed by atoms with Crippen molar-refractivity contribution in [1.29, 1.82) is 15.8 Å². The van der Waals surface area contributed by atoms with Crippen LogP contribution in [0.5, 0.6) is 0 Å².